The zero-order chi connectivity index (χ0) is 24.8. The van der Waals surface area contributed by atoms with E-state index in [1.54, 1.807) is 36.4 Å². The number of rotatable bonds is 8. The molecule has 0 saturated carbocycles. The van der Waals surface area contributed by atoms with E-state index in [0.717, 1.165) is 36.9 Å². The number of nitrogens with zero attached hydrogens (tertiary/aromatic N) is 1. The van der Waals surface area contributed by atoms with Crippen molar-refractivity contribution in [1.82, 2.24) is 0 Å². The summed E-state index contributed by atoms with van der Waals surface area (Å²) in [7, 11) is -3.71. The molecule has 0 saturated heterocycles. The molecule has 35 heavy (non-hydrogen) atoms. The van der Waals surface area contributed by atoms with Gasteiger partial charge in [-0.05, 0) is 79.4 Å². The van der Waals surface area contributed by atoms with Crippen molar-refractivity contribution in [3.05, 3.63) is 83.9 Å². The first-order chi connectivity index (χ1) is 16.9. The summed E-state index contributed by atoms with van der Waals surface area (Å²) < 4.78 is 28.0. The van der Waals surface area contributed by atoms with Gasteiger partial charge in [-0.3, -0.25) is 13.9 Å². The van der Waals surface area contributed by atoms with Gasteiger partial charge >= 0.3 is 0 Å². The van der Waals surface area contributed by atoms with E-state index >= 15 is 0 Å². The first kappa shape index (κ1) is 24.5. The SMILES string of the molecule is CCCCC(=O)Nc1ccc(C(=O)Nc2ccc(S(=O)(=O)N3CCCc4ccccc43)cc2)cc1. The summed E-state index contributed by atoms with van der Waals surface area (Å²) in [4.78, 5) is 24.7. The van der Waals surface area contributed by atoms with Crippen molar-refractivity contribution in [2.75, 3.05) is 21.5 Å². The number of aryl methyl sites for hydroxylation is 1. The van der Waals surface area contributed by atoms with E-state index in [9.17, 15) is 18.0 Å². The van der Waals surface area contributed by atoms with E-state index in [-0.39, 0.29) is 16.7 Å². The highest BCUT2D eigenvalue weighted by atomic mass is 32.2. The number of fused-ring (bicyclic) bond motifs is 1. The molecule has 1 aliphatic heterocycles. The van der Waals surface area contributed by atoms with Gasteiger partial charge in [0.15, 0.2) is 0 Å². The molecule has 0 atom stereocenters. The minimum atomic E-state index is -3.71. The van der Waals surface area contributed by atoms with Crippen molar-refractivity contribution in [2.45, 2.75) is 43.9 Å². The fourth-order valence-corrected chi connectivity index (χ4v) is 5.60. The lowest BCUT2D eigenvalue weighted by atomic mass is 10.0. The molecule has 8 heteroatoms. The smallest absolute Gasteiger partial charge is 0.264 e. The highest BCUT2D eigenvalue weighted by Gasteiger charge is 2.28. The zero-order valence-corrected chi connectivity index (χ0v) is 20.5. The van der Waals surface area contributed by atoms with Gasteiger partial charge in [0, 0.05) is 29.9 Å². The Labute approximate surface area is 206 Å². The van der Waals surface area contributed by atoms with E-state index in [4.69, 9.17) is 0 Å². The van der Waals surface area contributed by atoms with Crippen LogP contribution in [-0.2, 0) is 21.2 Å². The number of amides is 2. The number of anilines is 3. The lowest BCUT2D eigenvalue weighted by molar-refractivity contribution is -0.116. The molecule has 0 aromatic heterocycles. The van der Waals surface area contributed by atoms with Crippen molar-refractivity contribution < 1.29 is 18.0 Å². The van der Waals surface area contributed by atoms with Crippen LogP contribution in [0.2, 0.25) is 0 Å². The molecule has 0 unspecified atom stereocenters. The maximum absolute atomic E-state index is 13.3. The summed E-state index contributed by atoms with van der Waals surface area (Å²) in [6.07, 6.45) is 3.88. The van der Waals surface area contributed by atoms with Gasteiger partial charge in [-0.25, -0.2) is 8.42 Å². The first-order valence-corrected chi connectivity index (χ1v) is 13.2. The van der Waals surface area contributed by atoms with Crippen LogP contribution in [-0.4, -0.2) is 26.8 Å². The fraction of sp³-hybridized carbons (Fsp3) is 0.259. The Balaban J connectivity index is 1.41. The van der Waals surface area contributed by atoms with Crippen LogP contribution in [0.3, 0.4) is 0 Å². The molecule has 0 spiro atoms. The number of para-hydroxylation sites is 1. The Hall–Kier alpha value is -3.65. The number of carbonyl (C=O) groups excluding carboxylic acids is 2. The molecule has 1 heterocycles. The Kier molecular flexibility index (Phi) is 7.51. The fourth-order valence-electron chi connectivity index (χ4n) is 4.06. The number of carbonyl (C=O) groups is 2. The highest BCUT2D eigenvalue weighted by Crippen LogP contribution is 2.32. The lowest BCUT2D eigenvalue weighted by Crippen LogP contribution is -2.35. The minimum absolute atomic E-state index is 0.0489. The monoisotopic (exact) mass is 491 g/mol. The third kappa shape index (κ3) is 5.71. The first-order valence-electron chi connectivity index (χ1n) is 11.8. The summed E-state index contributed by atoms with van der Waals surface area (Å²) in [6, 6.07) is 20.4. The second-order valence-corrected chi connectivity index (χ2v) is 10.4. The molecule has 0 bridgehead atoms. The Morgan fingerprint density at radius 2 is 1.54 bits per heavy atom. The van der Waals surface area contributed by atoms with Crippen LogP contribution < -0.4 is 14.9 Å². The van der Waals surface area contributed by atoms with E-state index in [1.165, 1.54) is 16.4 Å². The van der Waals surface area contributed by atoms with Crippen molar-refractivity contribution in [2.24, 2.45) is 0 Å². The molecule has 0 aliphatic carbocycles. The summed E-state index contributed by atoms with van der Waals surface area (Å²) in [6.45, 7) is 2.47. The summed E-state index contributed by atoms with van der Waals surface area (Å²) in [5.74, 6) is -0.374. The number of hydrogen-bond donors (Lipinski definition) is 2. The Morgan fingerprint density at radius 1 is 0.886 bits per heavy atom. The largest absolute Gasteiger partial charge is 0.326 e. The van der Waals surface area contributed by atoms with Crippen LogP contribution >= 0.6 is 0 Å². The molecular weight excluding hydrogens is 462 g/mol. The highest BCUT2D eigenvalue weighted by molar-refractivity contribution is 7.92. The standard InChI is InChI=1S/C27H29N3O4S/c1-2-3-10-26(31)28-22-13-11-21(12-14-22)27(32)29-23-15-17-24(18-16-23)35(33,34)30-19-6-8-20-7-4-5-9-25(20)30/h4-5,7,9,11-18H,2-3,6,8,10,19H2,1H3,(H,28,31)(H,29,32). The third-order valence-corrected chi connectivity index (χ3v) is 7.78. The zero-order valence-electron chi connectivity index (χ0n) is 19.7. The van der Waals surface area contributed by atoms with Gasteiger partial charge < -0.3 is 10.6 Å². The van der Waals surface area contributed by atoms with Gasteiger partial charge in [0.1, 0.15) is 0 Å². The number of benzene rings is 3. The van der Waals surface area contributed by atoms with Crippen molar-refractivity contribution >= 4 is 38.9 Å². The number of hydrogen-bond acceptors (Lipinski definition) is 4. The van der Waals surface area contributed by atoms with Crippen molar-refractivity contribution in [3.8, 4) is 0 Å². The molecule has 4 rings (SSSR count). The van der Waals surface area contributed by atoms with Gasteiger partial charge in [0.05, 0.1) is 10.6 Å². The predicted molar refractivity (Wildman–Crippen MR) is 138 cm³/mol. The topological polar surface area (TPSA) is 95.6 Å². The van der Waals surface area contributed by atoms with Gasteiger partial charge in [0.2, 0.25) is 5.91 Å². The predicted octanol–water partition coefficient (Wildman–Crippen LogP) is 5.21. The van der Waals surface area contributed by atoms with Gasteiger partial charge in [-0.1, -0.05) is 31.5 Å². The molecule has 2 amide bonds. The second-order valence-electron chi connectivity index (χ2n) is 8.52. The van der Waals surface area contributed by atoms with Crippen molar-refractivity contribution in [3.63, 3.8) is 0 Å². The van der Waals surface area contributed by atoms with E-state index in [2.05, 4.69) is 10.6 Å². The van der Waals surface area contributed by atoms with E-state index in [0.29, 0.717) is 29.9 Å². The molecule has 2 N–H and O–H groups in total. The van der Waals surface area contributed by atoms with Crippen LogP contribution in [0.1, 0.15) is 48.5 Å². The summed E-state index contributed by atoms with van der Waals surface area (Å²) in [5, 5.41) is 5.60. The number of unbranched alkanes of at least 4 members (excludes halogenated alkanes) is 1. The third-order valence-electron chi connectivity index (χ3n) is 5.96. The Morgan fingerprint density at radius 3 is 2.26 bits per heavy atom. The number of nitrogens with one attached hydrogen (secondary N) is 2. The van der Waals surface area contributed by atoms with Crippen LogP contribution in [0.5, 0.6) is 0 Å². The Bertz CT molecular complexity index is 1300. The molecule has 7 nitrogen and oxygen atoms in total. The molecule has 3 aromatic rings. The van der Waals surface area contributed by atoms with Crippen LogP contribution in [0.4, 0.5) is 17.1 Å². The minimum Gasteiger partial charge on any atom is -0.326 e. The molecule has 3 aromatic carbocycles. The van der Waals surface area contributed by atoms with E-state index in [1.807, 2.05) is 31.2 Å². The lowest BCUT2D eigenvalue weighted by Gasteiger charge is -2.30. The average Bonchev–Trinajstić information content (AvgIpc) is 2.88. The molecular formula is C27H29N3O4S. The van der Waals surface area contributed by atoms with Crippen molar-refractivity contribution in [1.29, 1.82) is 0 Å². The summed E-state index contributed by atoms with van der Waals surface area (Å²) >= 11 is 0. The maximum atomic E-state index is 13.3. The normalized spacial score (nSPS) is 13.1. The van der Waals surface area contributed by atoms with Gasteiger partial charge in [-0.15, -0.1) is 0 Å². The molecule has 0 radical (unpaired) electrons. The van der Waals surface area contributed by atoms with Crippen LogP contribution in [0, 0.1) is 0 Å². The molecule has 0 fully saturated rings. The van der Waals surface area contributed by atoms with Gasteiger partial charge in [-0.2, -0.15) is 0 Å². The average molecular weight is 492 g/mol. The summed E-state index contributed by atoms with van der Waals surface area (Å²) in [5.41, 5.74) is 3.30. The van der Waals surface area contributed by atoms with Crippen LogP contribution in [0.25, 0.3) is 0 Å². The maximum Gasteiger partial charge on any atom is 0.264 e. The van der Waals surface area contributed by atoms with Crippen LogP contribution in [0.15, 0.2) is 77.7 Å². The molecule has 1 aliphatic rings. The number of sulfonamides is 1. The molecule has 182 valence electrons. The van der Waals surface area contributed by atoms with Gasteiger partial charge in [0.25, 0.3) is 15.9 Å². The van der Waals surface area contributed by atoms with E-state index < -0.39 is 10.0 Å². The second kappa shape index (κ2) is 10.7. The quantitative estimate of drug-likeness (QED) is 0.452.